The van der Waals surface area contributed by atoms with E-state index in [1.165, 1.54) is 31.3 Å². The highest BCUT2D eigenvalue weighted by atomic mass is 16.4. The number of anilines is 1. The highest BCUT2D eigenvalue weighted by Gasteiger charge is 2.08. The van der Waals surface area contributed by atoms with Crippen LogP contribution in [0, 0.1) is 4.91 Å². The number of carbonyl (C=O) groups is 2. The third-order valence-corrected chi connectivity index (χ3v) is 1.80. The molecule has 7 nitrogen and oxygen atoms in total. The van der Waals surface area contributed by atoms with E-state index < -0.39 is 12.0 Å². The average molecular weight is 223 g/mol. The third-order valence-electron chi connectivity index (χ3n) is 1.80. The summed E-state index contributed by atoms with van der Waals surface area (Å²) >= 11 is 0. The lowest BCUT2D eigenvalue weighted by atomic mass is 10.2. The van der Waals surface area contributed by atoms with E-state index in [0.717, 1.165) is 0 Å². The van der Waals surface area contributed by atoms with Crippen molar-refractivity contribution in [1.82, 2.24) is 5.01 Å². The molecule has 1 aromatic carbocycles. The van der Waals surface area contributed by atoms with E-state index in [1.54, 1.807) is 0 Å². The van der Waals surface area contributed by atoms with Gasteiger partial charge in [-0.05, 0) is 24.3 Å². The maximum Gasteiger partial charge on any atom is 0.344 e. The predicted molar refractivity (Wildman–Crippen MR) is 56.0 cm³/mol. The van der Waals surface area contributed by atoms with Gasteiger partial charge >= 0.3 is 12.0 Å². The van der Waals surface area contributed by atoms with Crippen LogP contribution in [0.4, 0.5) is 10.5 Å². The SMILES string of the molecule is CN(N=O)C(=O)Nc1ccc(C(=O)O)cc1. The van der Waals surface area contributed by atoms with E-state index in [9.17, 15) is 14.5 Å². The van der Waals surface area contributed by atoms with Crippen molar-refractivity contribution in [2.24, 2.45) is 5.29 Å². The van der Waals surface area contributed by atoms with Crippen molar-refractivity contribution in [1.29, 1.82) is 0 Å². The fourth-order valence-electron chi connectivity index (χ4n) is 0.938. The number of urea groups is 1. The molecule has 0 unspecified atom stereocenters. The van der Waals surface area contributed by atoms with Crippen LogP contribution >= 0.6 is 0 Å². The summed E-state index contributed by atoms with van der Waals surface area (Å²) in [6, 6.07) is 4.82. The summed E-state index contributed by atoms with van der Waals surface area (Å²) in [6.45, 7) is 0. The molecule has 2 N–H and O–H groups in total. The normalized spacial score (nSPS) is 9.31. The number of hydrogen-bond donors (Lipinski definition) is 2. The van der Waals surface area contributed by atoms with Gasteiger partial charge in [-0.15, -0.1) is 4.91 Å². The average Bonchev–Trinajstić information content (AvgIpc) is 2.28. The van der Waals surface area contributed by atoms with E-state index in [2.05, 4.69) is 10.6 Å². The zero-order valence-corrected chi connectivity index (χ0v) is 8.38. The Morgan fingerprint density at radius 2 is 1.88 bits per heavy atom. The van der Waals surface area contributed by atoms with Gasteiger partial charge in [0, 0.05) is 12.7 Å². The molecule has 0 saturated carbocycles. The Balaban J connectivity index is 2.72. The molecule has 84 valence electrons. The Morgan fingerprint density at radius 3 is 2.31 bits per heavy atom. The maximum absolute atomic E-state index is 11.2. The second kappa shape index (κ2) is 4.87. The first-order valence-electron chi connectivity index (χ1n) is 4.26. The Hall–Kier alpha value is -2.44. The van der Waals surface area contributed by atoms with Gasteiger partial charge in [0.1, 0.15) is 0 Å². The predicted octanol–water partition coefficient (Wildman–Crippen LogP) is 1.53. The molecule has 0 saturated heterocycles. The molecule has 1 aromatic rings. The molecular formula is C9H9N3O4. The zero-order chi connectivity index (χ0) is 12.1. The van der Waals surface area contributed by atoms with Crippen molar-refractivity contribution >= 4 is 17.7 Å². The van der Waals surface area contributed by atoms with Gasteiger partial charge in [0.2, 0.25) is 0 Å². The fraction of sp³-hybridized carbons (Fsp3) is 0.111. The third kappa shape index (κ3) is 2.77. The number of benzene rings is 1. The standard InChI is InChI=1S/C9H9N3O4/c1-12(11-16)9(15)10-7-4-2-6(3-5-7)8(13)14/h2-5H,1H3,(H,10,15)(H,13,14). The molecule has 0 heterocycles. The van der Waals surface area contributed by atoms with E-state index >= 15 is 0 Å². The highest BCUT2D eigenvalue weighted by Crippen LogP contribution is 2.10. The van der Waals surface area contributed by atoms with Crippen molar-refractivity contribution in [2.75, 3.05) is 12.4 Å². The van der Waals surface area contributed by atoms with Gasteiger partial charge in [-0.3, -0.25) is 0 Å². The monoisotopic (exact) mass is 223 g/mol. The molecule has 1 rings (SSSR count). The van der Waals surface area contributed by atoms with Gasteiger partial charge in [0.25, 0.3) is 0 Å². The lowest BCUT2D eigenvalue weighted by Crippen LogP contribution is -2.26. The van der Waals surface area contributed by atoms with E-state index in [4.69, 9.17) is 5.11 Å². The highest BCUT2D eigenvalue weighted by molar-refractivity contribution is 5.91. The van der Waals surface area contributed by atoms with Crippen LogP contribution in [0.15, 0.2) is 29.6 Å². The topological polar surface area (TPSA) is 99.1 Å². The maximum atomic E-state index is 11.2. The summed E-state index contributed by atoms with van der Waals surface area (Å²) in [4.78, 5) is 31.7. The summed E-state index contributed by atoms with van der Waals surface area (Å²) in [5, 5.41) is 14.0. The second-order valence-corrected chi connectivity index (χ2v) is 2.92. The molecule has 0 fully saturated rings. The number of aromatic carboxylic acids is 1. The van der Waals surface area contributed by atoms with E-state index in [0.29, 0.717) is 10.7 Å². The number of nitroso groups, excluding NO2 is 1. The zero-order valence-electron chi connectivity index (χ0n) is 8.38. The summed E-state index contributed by atoms with van der Waals surface area (Å²) in [7, 11) is 1.20. The van der Waals surface area contributed by atoms with Crippen LogP contribution in [0.5, 0.6) is 0 Å². The minimum Gasteiger partial charge on any atom is -0.478 e. The van der Waals surface area contributed by atoms with Crippen molar-refractivity contribution in [2.45, 2.75) is 0 Å². The minimum absolute atomic E-state index is 0.111. The lowest BCUT2D eigenvalue weighted by Gasteiger charge is -2.08. The molecule has 2 amide bonds. The fourth-order valence-corrected chi connectivity index (χ4v) is 0.938. The van der Waals surface area contributed by atoms with Crippen LogP contribution in [0.25, 0.3) is 0 Å². The van der Waals surface area contributed by atoms with Crippen molar-refractivity contribution < 1.29 is 14.7 Å². The van der Waals surface area contributed by atoms with Crippen LogP contribution in [0.3, 0.4) is 0 Å². The summed E-state index contributed by atoms with van der Waals surface area (Å²) in [5.41, 5.74) is 0.491. The van der Waals surface area contributed by atoms with Crippen molar-refractivity contribution in [3.8, 4) is 0 Å². The number of nitrogens with one attached hydrogen (secondary N) is 1. The van der Waals surface area contributed by atoms with E-state index in [1.807, 2.05) is 0 Å². The molecular weight excluding hydrogens is 214 g/mol. The number of nitrogens with zero attached hydrogens (tertiary/aromatic N) is 2. The lowest BCUT2D eigenvalue weighted by molar-refractivity contribution is 0.0697. The van der Waals surface area contributed by atoms with Gasteiger partial charge in [0.05, 0.1) is 10.8 Å². The van der Waals surface area contributed by atoms with Crippen molar-refractivity contribution in [3.05, 3.63) is 34.7 Å². The van der Waals surface area contributed by atoms with Crippen LogP contribution in [0.1, 0.15) is 10.4 Å². The van der Waals surface area contributed by atoms with Crippen LogP contribution < -0.4 is 5.32 Å². The second-order valence-electron chi connectivity index (χ2n) is 2.92. The van der Waals surface area contributed by atoms with E-state index in [-0.39, 0.29) is 5.56 Å². The minimum atomic E-state index is -1.05. The Morgan fingerprint density at radius 1 is 1.31 bits per heavy atom. The Kier molecular flexibility index (Phi) is 3.54. The van der Waals surface area contributed by atoms with Crippen molar-refractivity contribution in [3.63, 3.8) is 0 Å². The molecule has 0 atom stereocenters. The Labute approximate surface area is 90.6 Å². The molecule has 0 aliphatic heterocycles. The van der Waals surface area contributed by atoms with Gasteiger partial charge < -0.3 is 10.4 Å². The molecule has 0 radical (unpaired) electrons. The van der Waals surface area contributed by atoms with Gasteiger partial charge in [0.15, 0.2) is 0 Å². The largest absolute Gasteiger partial charge is 0.478 e. The molecule has 0 aliphatic rings. The molecule has 0 aromatic heterocycles. The number of hydrogen-bond acceptors (Lipinski definition) is 4. The molecule has 0 aliphatic carbocycles. The Bertz CT molecular complexity index is 415. The van der Waals surface area contributed by atoms with Gasteiger partial charge in [-0.2, -0.15) is 5.01 Å². The van der Waals surface area contributed by atoms with Crippen LogP contribution in [-0.2, 0) is 0 Å². The van der Waals surface area contributed by atoms with Crippen LogP contribution in [-0.4, -0.2) is 29.2 Å². The summed E-state index contributed by atoms with van der Waals surface area (Å²) in [6.07, 6.45) is 0. The number of carbonyl (C=O) groups excluding carboxylic acids is 1. The van der Waals surface area contributed by atoms with Gasteiger partial charge in [-0.25, -0.2) is 9.59 Å². The van der Waals surface area contributed by atoms with Crippen LogP contribution in [0.2, 0.25) is 0 Å². The first kappa shape index (κ1) is 11.6. The molecule has 0 bridgehead atoms. The summed E-state index contributed by atoms with van der Waals surface area (Å²) < 4.78 is 0. The smallest absolute Gasteiger partial charge is 0.344 e. The first-order valence-corrected chi connectivity index (χ1v) is 4.26. The number of carboxylic acids is 1. The summed E-state index contributed by atoms with van der Waals surface area (Å²) in [5.74, 6) is -1.05. The molecule has 7 heteroatoms. The molecule has 16 heavy (non-hydrogen) atoms. The molecule has 0 spiro atoms. The number of carboxylic acid groups (broad SMARTS) is 1. The van der Waals surface area contributed by atoms with Gasteiger partial charge in [-0.1, -0.05) is 0 Å². The number of amides is 2. The number of rotatable bonds is 3. The quantitative estimate of drug-likeness (QED) is 0.599. The first-order chi connectivity index (χ1) is 7.54.